The maximum atomic E-state index is 13.5. The maximum Gasteiger partial charge on any atom is 0.316 e. The van der Waals surface area contributed by atoms with E-state index in [0.29, 0.717) is 27.4 Å². The highest BCUT2D eigenvalue weighted by molar-refractivity contribution is 7.99. The predicted molar refractivity (Wildman–Crippen MR) is 127 cm³/mol. The van der Waals surface area contributed by atoms with Crippen molar-refractivity contribution in [3.8, 4) is 28.5 Å². The minimum atomic E-state index is -0.400. The first-order chi connectivity index (χ1) is 16.1. The molecule has 162 valence electrons. The number of carbonyl (C=O) groups is 1. The largest absolute Gasteiger partial charge is 0.460 e. The Labute approximate surface area is 195 Å². The Balaban J connectivity index is 1.63. The van der Waals surface area contributed by atoms with Gasteiger partial charge in [0, 0.05) is 11.1 Å². The van der Waals surface area contributed by atoms with Gasteiger partial charge in [-0.25, -0.2) is 9.37 Å². The number of pyridine rings is 1. The zero-order valence-electron chi connectivity index (χ0n) is 17.6. The lowest BCUT2D eigenvalue weighted by Crippen LogP contribution is -2.08. The summed E-state index contributed by atoms with van der Waals surface area (Å²) in [6.07, 6.45) is 0. The van der Waals surface area contributed by atoms with Crippen LogP contribution in [0.3, 0.4) is 0 Å². The molecular formula is C27H19FN2O2S. The summed E-state index contributed by atoms with van der Waals surface area (Å²) in [5.74, 6) is -0.747. The smallest absolute Gasteiger partial charge is 0.316 e. The molecule has 0 spiro atoms. The van der Waals surface area contributed by atoms with Gasteiger partial charge in [-0.15, -0.1) is 0 Å². The molecule has 4 rings (SSSR count). The maximum absolute atomic E-state index is 13.5. The van der Waals surface area contributed by atoms with E-state index in [4.69, 9.17) is 4.74 Å². The van der Waals surface area contributed by atoms with Gasteiger partial charge in [-0.05, 0) is 29.3 Å². The fourth-order valence-corrected chi connectivity index (χ4v) is 4.06. The number of rotatable bonds is 7. The highest BCUT2D eigenvalue weighted by Gasteiger charge is 2.17. The molecule has 0 aliphatic rings. The molecule has 4 nitrogen and oxygen atoms in total. The Hall–Kier alpha value is -3.95. The molecule has 6 heteroatoms. The number of thioether (sulfide) groups is 1. The first kappa shape index (κ1) is 22.3. The summed E-state index contributed by atoms with van der Waals surface area (Å²) in [6.45, 7) is 0.184. The number of benzene rings is 3. The molecule has 33 heavy (non-hydrogen) atoms. The average molecular weight is 455 g/mol. The van der Waals surface area contributed by atoms with Crippen LogP contribution in [0.5, 0.6) is 0 Å². The molecule has 0 fully saturated rings. The van der Waals surface area contributed by atoms with Crippen LogP contribution in [-0.4, -0.2) is 16.7 Å². The van der Waals surface area contributed by atoms with Gasteiger partial charge in [0.25, 0.3) is 0 Å². The van der Waals surface area contributed by atoms with Crippen molar-refractivity contribution in [1.29, 1.82) is 5.26 Å². The van der Waals surface area contributed by atoms with Crippen LogP contribution in [0.4, 0.5) is 4.39 Å². The third-order valence-electron chi connectivity index (χ3n) is 4.89. The second-order valence-electron chi connectivity index (χ2n) is 7.15. The van der Waals surface area contributed by atoms with E-state index in [1.54, 1.807) is 12.1 Å². The van der Waals surface area contributed by atoms with Crippen LogP contribution in [0.1, 0.15) is 11.1 Å². The number of hydrogen-bond acceptors (Lipinski definition) is 5. The summed E-state index contributed by atoms with van der Waals surface area (Å²) in [4.78, 5) is 17.0. The molecule has 0 atom stereocenters. The van der Waals surface area contributed by atoms with E-state index in [0.717, 1.165) is 22.9 Å². The SMILES string of the molecule is N#Cc1c(-c2ccc(F)cc2)cc(-c2ccccc2)nc1SCC(=O)OCc1ccccc1. The lowest BCUT2D eigenvalue weighted by Gasteiger charge is -2.12. The van der Waals surface area contributed by atoms with Crippen molar-refractivity contribution in [2.75, 3.05) is 5.75 Å². The van der Waals surface area contributed by atoms with E-state index in [9.17, 15) is 14.4 Å². The number of nitriles is 1. The Bertz CT molecular complexity index is 1290. The standard InChI is InChI=1S/C27H19FN2O2S/c28-22-13-11-20(12-14-22)23-15-25(21-9-5-2-6-10-21)30-27(24(23)16-29)33-18-26(31)32-17-19-7-3-1-4-8-19/h1-15H,17-18H2. The molecule has 0 unspecified atom stereocenters. The summed E-state index contributed by atoms with van der Waals surface area (Å²) < 4.78 is 18.8. The van der Waals surface area contributed by atoms with Gasteiger partial charge in [0.2, 0.25) is 0 Å². The third-order valence-corrected chi connectivity index (χ3v) is 5.84. The number of hydrogen-bond donors (Lipinski definition) is 0. The lowest BCUT2D eigenvalue weighted by atomic mass is 9.99. The fraction of sp³-hybridized carbons (Fsp3) is 0.0741. The van der Waals surface area contributed by atoms with Crippen LogP contribution < -0.4 is 0 Å². The molecule has 0 amide bonds. The van der Waals surface area contributed by atoms with Crippen molar-refractivity contribution in [2.45, 2.75) is 11.6 Å². The minimum absolute atomic E-state index is 0.00954. The molecule has 0 aliphatic heterocycles. The van der Waals surface area contributed by atoms with Gasteiger partial charge in [0.1, 0.15) is 23.5 Å². The average Bonchev–Trinajstić information content (AvgIpc) is 2.87. The second kappa shape index (κ2) is 10.6. The quantitative estimate of drug-likeness (QED) is 0.244. The summed E-state index contributed by atoms with van der Waals surface area (Å²) >= 11 is 1.15. The van der Waals surface area contributed by atoms with Gasteiger partial charge in [0.15, 0.2) is 0 Å². The van der Waals surface area contributed by atoms with Crippen LogP contribution in [-0.2, 0) is 16.1 Å². The molecule has 1 heterocycles. The van der Waals surface area contributed by atoms with Crippen LogP contribution in [0.25, 0.3) is 22.4 Å². The van der Waals surface area contributed by atoms with Crippen molar-refractivity contribution in [3.63, 3.8) is 0 Å². The van der Waals surface area contributed by atoms with E-state index in [1.807, 2.05) is 66.7 Å². The Kier molecular flexibility index (Phi) is 7.13. The molecule has 0 N–H and O–H groups in total. The molecule has 0 saturated carbocycles. The summed E-state index contributed by atoms with van der Waals surface area (Å²) in [6, 6.07) is 29.0. The lowest BCUT2D eigenvalue weighted by molar-refractivity contribution is -0.141. The van der Waals surface area contributed by atoms with Crippen molar-refractivity contribution in [3.05, 3.63) is 108 Å². The fourth-order valence-electron chi connectivity index (χ4n) is 3.26. The number of nitrogens with zero attached hydrogens (tertiary/aromatic N) is 2. The van der Waals surface area contributed by atoms with Gasteiger partial charge in [-0.1, -0.05) is 84.6 Å². The molecule has 0 radical (unpaired) electrons. The number of esters is 1. The highest BCUT2D eigenvalue weighted by Crippen LogP contribution is 2.34. The number of carbonyl (C=O) groups excluding carboxylic acids is 1. The van der Waals surface area contributed by atoms with Crippen LogP contribution in [0, 0.1) is 17.1 Å². The Morgan fingerprint density at radius 2 is 1.61 bits per heavy atom. The number of ether oxygens (including phenoxy) is 1. The first-order valence-electron chi connectivity index (χ1n) is 10.2. The van der Waals surface area contributed by atoms with E-state index >= 15 is 0 Å². The summed E-state index contributed by atoms with van der Waals surface area (Å²) in [5.41, 5.74) is 4.10. The highest BCUT2D eigenvalue weighted by atomic mass is 32.2. The van der Waals surface area contributed by atoms with E-state index in [1.165, 1.54) is 12.1 Å². The van der Waals surface area contributed by atoms with Crippen molar-refractivity contribution < 1.29 is 13.9 Å². The molecule has 0 saturated heterocycles. The topological polar surface area (TPSA) is 63.0 Å². The predicted octanol–water partition coefficient (Wildman–Crippen LogP) is 6.26. The molecule has 0 bridgehead atoms. The number of halogens is 1. The van der Waals surface area contributed by atoms with Crippen LogP contribution in [0.15, 0.2) is 96.0 Å². The van der Waals surface area contributed by atoms with E-state index in [-0.39, 0.29) is 18.2 Å². The molecule has 3 aromatic carbocycles. The molecular weight excluding hydrogens is 435 g/mol. The summed E-state index contributed by atoms with van der Waals surface area (Å²) in [7, 11) is 0. The Morgan fingerprint density at radius 1 is 0.939 bits per heavy atom. The number of aromatic nitrogens is 1. The molecule has 0 aliphatic carbocycles. The van der Waals surface area contributed by atoms with Gasteiger partial charge in [0.05, 0.1) is 17.0 Å². The second-order valence-corrected chi connectivity index (χ2v) is 8.12. The van der Waals surface area contributed by atoms with E-state index < -0.39 is 5.97 Å². The van der Waals surface area contributed by atoms with Gasteiger partial charge in [-0.2, -0.15) is 5.26 Å². The van der Waals surface area contributed by atoms with Gasteiger partial charge < -0.3 is 4.74 Å². The molecule has 1 aromatic heterocycles. The monoisotopic (exact) mass is 454 g/mol. The van der Waals surface area contributed by atoms with E-state index in [2.05, 4.69) is 11.1 Å². The van der Waals surface area contributed by atoms with Gasteiger partial charge >= 0.3 is 5.97 Å². The zero-order valence-corrected chi connectivity index (χ0v) is 18.4. The van der Waals surface area contributed by atoms with Crippen LogP contribution in [0.2, 0.25) is 0 Å². The van der Waals surface area contributed by atoms with Crippen molar-refractivity contribution >= 4 is 17.7 Å². The Morgan fingerprint density at radius 3 is 2.27 bits per heavy atom. The molecule has 4 aromatic rings. The first-order valence-corrected chi connectivity index (χ1v) is 11.2. The van der Waals surface area contributed by atoms with Crippen molar-refractivity contribution in [1.82, 2.24) is 4.98 Å². The normalized spacial score (nSPS) is 10.4. The van der Waals surface area contributed by atoms with Crippen molar-refractivity contribution in [2.24, 2.45) is 0 Å². The zero-order chi connectivity index (χ0) is 23.0. The minimum Gasteiger partial charge on any atom is -0.460 e. The third kappa shape index (κ3) is 5.65. The van der Waals surface area contributed by atoms with Crippen LogP contribution >= 0.6 is 11.8 Å². The summed E-state index contributed by atoms with van der Waals surface area (Å²) in [5, 5.41) is 10.3. The van der Waals surface area contributed by atoms with Gasteiger partial charge in [-0.3, -0.25) is 4.79 Å².